The first-order valence-electron chi connectivity index (χ1n) is 9.24. The zero-order chi connectivity index (χ0) is 22.5. The van der Waals surface area contributed by atoms with Gasteiger partial charge in [-0.25, -0.2) is 4.79 Å². The van der Waals surface area contributed by atoms with Gasteiger partial charge in [0.25, 0.3) is 11.6 Å². The zero-order valence-electron chi connectivity index (χ0n) is 17.2. The molecule has 0 radical (unpaired) electrons. The van der Waals surface area contributed by atoms with Gasteiger partial charge in [0.1, 0.15) is 28.6 Å². The lowest BCUT2D eigenvalue weighted by Crippen LogP contribution is -2.26. The molecule has 9 nitrogen and oxygen atoms in total. The fraction of sp³-hybridized carbons (Fsp3) is 0.182. The van der Waals surface area contributed by atoms with E-state index in [1.807, 2.05) is 6.07 Å². The number of hydrogen-bond donors (Lipinski definition) is 0. The van der Waals surface area contributed by atoms with Crippen molar-refractivity contribution in [2.45, 2.75) is 13.5 Å². The molecule has 0 spiro atoms. The van der Waals surface area contributed by atoms with Crippen LogP contribution in [-0.2, 0) is 11.3 Å². The highest BCUT2D eigenvalue weighted by molar-refractivity contribution is 5.97. The van der Waals surface area contributed by atoms with E-state index in [4.69, 9.17) is 13.9 Å². The van der Waals surface area contributed by atoms with Gasteiger partial charge >= 0.3 is 5.97 Å². The number of benzene rings is 2. The minimum Gasteiger partial charge on any atom is -0.465 e. The Balaban J connectivity index is 1.89. The Kier molecular flexibility index (Phi) is 6.35. The molecule has 1 aromatic heterocycles. The van der Waals surface area contributed by atoms with E-state index in [0.717, 1.165) is 0 Å². The summed E-state index contributed by atoms with van der Waals surface area (Å²) in [6, 6.07) is 14.1. The number of carbonyl (C=O) groups excluding carboxylic acids is 2. The number of furan rings is 1. The number of amides is 1. The Morgan fingerprint density at radius 3 is 2.45 bits per heavy atom. The molecule has 3 rings (SSSR count). The van der Waals surface area contributed by atoms with Crippen LogP contribution in [0.25, 0.3) is 0 Å². The second-order valence-electron chi connectivity index (χ2n) is 6.69. The van der Waals surface area contributed by atoms with Gasteiger partial charge in [0.15, 0.2) is 0 Å². The van der Waals surface area contributed by atoms with Gasteiger partial charge in [0.05, 0.1) is 24.1 Å². The fourth-order valence-electron chi connectivity index (χ4n) is 2.95. The number of methoxy groups -OCH3 is 1. The van der Waals surface area contributed by atoms with E-state index in [9.17, 15) is 19.7 Å². The first-order valence-corrected chi connectivity index (χ1v) is 9.24. The lowest BCUT2D eigenvalue weighted by atomic mass is 10.1. The van der Waals surface area contributed by atoms with Gasteiger partial charge in [-0.2, -0.15) is 0 Å². The molecule has 0 unspecified atom stereocenters. The topological polar surface area (TPSA) is 112 Å². The second kappa shape index (κ2) is 9.12. The molecule has 3 aromatic rings. The average Bonchev–Trinajstić information content (AvgIpc) is 3.13. The van der Waals surface area contributed by atoms with Gasteiger partial charge in [0, 0.05) is 19.2 Å². The summed E-state index contributed by atoms with van der Waals surface area (Å²) in [5, 5.41) is 11.2. The summed E-state index contributed by atoms with van der Waals surface area (Å²) in [4.78, 5) is 36.8. The number of para-hydroxylation sites is 1. The number of aryl methyl sites for hydroxylation is 1. The lowest BCUT2D eigenvalue weighted by molar-refractivity contribution is -0.384. The average molecular weight is 424 g/mol. The summed E-state index contributed by atoms with van der Waals surface area (Å²) in [6.07, 6.45) is 0. The first-order chi connectivity index (χ1) is 14.8. The highest BCUT2D eigenvalue weighted by Crippen LogP contribution is 2.30. The van der Waals surface area contributed by atoms with Crippen molar-refractivity contribution in [3.63, 3.8) is 0 Å². The molecule has 1 amide bonds. The van der Waals surface area contributed by atoms with Gasteiger partial charge in [-0.1, -0.05) is 18.2 Å². The minimum absolute atomic E-state index is 0.0250. The second-order valence-corrected chi connectivity index (χ2v) is 6.69. The smallest absolute Gasteiger partial charge is 0.341 e. The fourth-order valence-corrected chi connectivity index (χ4v) is 2.95. The maximum Gasteiger partial charge on any atom is 0.341 e. The number of carbonyl (C=O) groups is 2. The number of ether oxygens (including phenoxy) is 2. The highest BCUT2D eigenvalue weighted by Gasteiger charge is 2.23. The van der Waals surface area contributed by atoms with Crippen molar-refractivity contribution in [2.24, 2.45) is 0 Å². The van der Waals surface area contributed by atoms with Crippen molar-refractivity contribution in [3.8, 4) is 11.5 Å². The van der Waals surface area contributed by atoms with E-state index < -0.39 is 16.8 Å². The third-order valence-electron chi connectivity index (χ3n) is 4.49. The van der Waals surface area contributed by atoms with Gasteiger partial charge in [-0.15, -0.1) is 0 Å². The molecule has 1 heterocycles. The van der Waals surface area contributed by atoms with Gasteiger partial charge in [0.2, 0.25) is 0 Å². The van der Waals surface area contributed by atoms with Crippen molar-refractivity contribution >= 4 is 17.6 Å². The van der Waals surface area contributed by atoms with E-state index >= 15 is 0 Å². The van der Waals surface area contributed by atoms with Crippen LogP contribution in [0.5, 0.6) is 11.5 Å². The molecule has 0 aliphatic carbocycles. The summed E-state index contributed by atoms with van der Waals surface area (Å²) in [6.45, 7) is 1.65. The van der Waals surface area contributed by atoms with Gasteiger partial charge in [-0.05, 0) is 31.2 Å². The van der Waals surface area contributed by atoms with Crippen LogP contribution in [-0.4, -0.2) is 35.9 Å². The van der Waals surface area contributed by atoms with Crippen molar-refractivity contribution in [1.82, 2.24) is 4.90 Å². The number of hydrogen-bond acceptors (Lipinski definition) is 7. The number of rotatable bonds is 7. The van der Waals surface area contributed by atoms with Crippen LogP contribution >= 0.6 is 0 Å². The van der Waals surface area contributed by atoms with E-state index in [-0.39, 0.29) is 29.1 Å². The van der Waals surface area contributed by atoms with E-state index in [2.05, 4.69) is 0 Å². The molecular formula is C22H20N2O7. The van der Waals surface area contributed by atoms with Crippen LogP contribution in [0.4, 0.5) is 5.69 Å². The van der Waals surface area contributed by atoms with Crippen LogP contribution in [0, 0.1) is 17.0 Å². The maximum atomic E-state index is 13.1. The Morgan fingerprint density at radius 1 is 1.10 bits per heavy atom. The molecule has 9 heteroatoms. The van der Waals surface area contributed by atoms with Gasteiger partial charge in [-0.3, -0.25) is 14.9 Å². The molecule has 0 aliphatic heterocycles. The molecule has 160 valence electrons. The van der Waals surface area contributed by atoms with Crippen LogP contribution in [0.2, 0.25) is 0 Å². The van der Waals surface area contributed by atoms with Gasteiger partial charge < -0.3 is 18.8 Å². The van der Waals surface area contributed by atoms with E-state index in [1.54, 1.807) is 31.2 Å². The molecule has 0 saturated carbocycles. The number of non-ortho nitro benzene ring substituents is 1. The number of nitro groups is 1. The summed E-state index contributed by atoms with van der Waals surface area (Å²) in [5.74, 6) is 0.342. The maximum absolute atomic E-state index is 13.1. The molecule has 0 bridgehead atoms. The molecule has 0 atom stereocenters. The Labute approximate surface area is 177 Å². The molecule has 0 saturated heterocycles. The van der Waals surface area contributed by atoms with Crippen molar-refractivity contribution in [3.05, 3.63) is 87.4 Å². The van der Waals surface area contributed by atoms with Crippen LogP contribution in [0.3, 0.4) is 0 Å². The highest BCUT2D eigenvalue weighted by atomic mass is 16.6. The van der Waals surface area contributed by atoms with Crippen LogP contribution in [0.1, 0.15) is 32.2 Å². The SMILES string of the molecule is COC(=O)c1cc(CN(C)C(=O)c2cc([N+](=O)[O-])ccc2Oc2ccccc2)oc1C. The molecule has 0 fully saturated rings. The quantitative estimate of drug-likeness (QED) is 0.315. The summed E-state index contributed by atoms with van der Waals surface area (Å²) in [5.41, 5.74) is 0.0535. The van der Waals surface area contributed by atoms with Crippen molar-refractivity contribution in [1.29, 1.82) is 0 Å². The molecular weight excluding hydrogens is 404 g/mol. The normalized spacial score (nSPS) is 10.4. The molecule has 0 aliphatic rings. The summed E-state index contributed by atoms with van der Waals surface area (Å²) >= 11 is 0. The van der Waals surface area contributed by atoms with Crippen molar-refractivity contribution < 1.29 is 28.4 Å². The van der Waals surface area contributed by atoms with E-state index in [0.29, 0.717) is 17.3 Å². The predicted molar refractivity (Wildman–Crippen MR) is 110 cm³/mol. The van der Waals surface area contributed by atoms with E-state index in [1.165, 1.54) is 43.3 Å². The third kappa shape index (κ3) is 4.89. The molecule has 0 N–H and O–H groups in total. The Morgan fingerprint density at radius 2 is 1.81 bits per heavy atom. The lowest BCUT2D eigenvalue weighted by Gasteiger charge is -2.18. The predicted octanol–water partition coefficient (Wildman–Crippen LogP) is 4.35. The zero-order valence-corrected chi connectivity index (χ0v) is 17.2. The Hall–Kier alpha value is -4.14. The monoisotopic (exact) mass is 424 g/mol. The van der Waals surface area contributed by atoms with Crippen LogP contribution < -0.4 is 4.74 Å². The number of esters is 1. The van der Waals surface area contributed by atoms with Crippen molar-refractivity contribution in [2.75, 3.05) is 14.2 Å². The Bertz CT molecular complexity index is 1120. The summed E-state index contributed by atoms with van der Waals surface area (Å²) < 4.78 is 16.0. The third-order valence-corrected chi connectivity index (χ3v) is 4.49. The largest absolute Gasteiger partial charge is 0.465 e. The standard InChI is InChI=1S/C22H20N2O7/c1-14-18(22(26)29-3)12-17(30-14)13-23(2)21(25)19-11-15(24(27)28)9-10-20(19)31-16-7-5-4-6-8-16/h4-12H,13H2,1-3H3. The number of nitrogens with zero attached hydrogens (tertiary/aromatic N) is 2. The number of nitro benzene ring substituents is 1. The molecule has 2 aromatic carbocycles. The minimum atomic E-state index is -0.582. The first kappa shape index (κ1) is 21.6. The molecule has 31 heavy (non-hydrogen) atoms. The van der Waals surface area contributed by atoms with Crippen LogP contribution in [0.15, 0.2) is 59.0 Å². The summed E-state index contributed by atoms with van der Waals surface area (Å²) in [7, 11) is 2.78.